The number of nitrogens with one attached hydrogen (secondary N) is 2. The predicted octanol–water partition coefficient (Wildman–Crippen LogP) is 2.41. The first-order valence-electron chi connectivity index (χ1n) is 8.61. The minimum atomic E-state index is -0.639. The zero-order chi connectivity index (χ0) is 19.7. The minimum Gasteiger partial charge on any atom is -0.482 e. The van der Waals surface area contributed by atoms with Crippen LogP contribution in [0.25, 0.3) is 0 Å². The highest BCUT2D eigenvalue weighted by Crippen LogP contribution is 2.29. The quantitative estimate of drug-likeness (QED) is 0.728. The van der Waals surface area contributed by atoms with E-state index in [-0.39, 0.29) is 18.4 Å². The van der Waals surface area contributed by atoms with Crippen molar-refractivity contribution in [2.24, 2.45) is 7.05 Å². The second-order valence-electron chi connectivity index (χ2n) is 6.41. The molecule has 1 aliphatic rings. The molecule has 7 nitrogen and oxygen atoms in total. The molecule has 1 unspecified atom stereocenters. The van der Waals surface area contributed by atoms with Crippen LogP contribution in [0.2, 0.25) is 0 Å². The summed E-state index contributed by atoms with van der Waals surface area (Å²) in [6, 6.07) is 10.1. The Bertz CT molecular complexity index is 1060. The number of aryl methyl sites for hydroxylation is 1. The molecule has 8 heteroatoms. The summed E-state index contributed by atoms with van der Waals surface area (Å²) in [5.74, 6) is -0.0259. The van der Waals surface area contributed by atoms with E-state index in [2.05, 4.69) is 15.6 Å². The van der Waals surface area contributed by atoms with Crippen LogP contribution in [0.1, 0.15) is 27.8 Å². The second-order valence-corrected chi connectivity index (χ2v) is 6.41. The topological polar surface area (TPSA) is 85.2 Å². The number of halogens is 1. The summed E-state index contributed by atoms with van der Waals surface area (Å²) in [6.45, 7) is -0.0999. The van der Waals surface area contributed by atoms with Crippen LogP contribution in [0.15, 0.2) is 54.9 Å². The Morgan fingerprint density at radius 2 is 2.18 bits per heavy atom. The highest BCUT2D eigenvalue weighted by atomic mass is 19.1. The summed E-state index contributed by atoms with van der Waals surface area (Å²) in [5.41, 5.74) is 1.44. The van der Waals surface area contributed by atoms with Crippen LogP contribution < -0.4 is 15.4 Å². The summed E-state index contributed by atoms with van der Waals surface area (Å²) >= 11 is 0. The number of aromatic nitrogens is 2. The van der Waals surface area contributed by atoms with Crippen molar-refractivity contribution >= 4 is 17.5 Å². The van der Waals surface area contributed by atoms with E-state index in [1.807, 2.05) is 0 Å². The molecule has 1 aliphatic heterocycles. The smallest absolute Gasteiger partial charge is 0.262 e. The van der Waals surface area contributed by atoms with Gasteiger partial charge in [-0.25, -0.2) is 9.37 Å². The number of carbonyl (C=O) groups excluding carboxylic acids is 2. The molecule has 4 rings (SSSR count). The molecule has 2 N–H and O–H groups in total. The predicted molar refractivity (Wildman–Crippen MR) is 99.5 cm³/mol. The number of rotatable bonds is 4. The Morgan fingerprint density at radius 3 is 2.93 bits per heavy atom. The molecule has 142 valence electrons. The van der Waals surface area contributed by atoms with E-state index in [4.69, 9.17) is 4.74 Å². The van der Waals surface area contributed by atoms with Crippen molar-refractivity contribution in [2.75, 3.05) is 11.9 Å². The van der Waals surface area contributed by atoms with Gasteiger partial charge in [-0.1, -0.05) is 12.1 Å². The van der Waals surface area contributed by atoms with E-state index >= 15 is 0 Å². The molecule has 28 heavy (non-hydrogen) atoms. The summed E-state index contributed by atoms with van der Waals surface area (Å²) < 4.78 is 20.9. The molecule has 1 atom stereocenters. The van der Waals surface area contributed by atoms with Crippen molar-refractivity contribution < 1.29 is 18.7 Å². The van der Waals surface area contributed by atoms with Gasteiger partial charge in [-0.3, -0.25) is 9.59 Å². The Morgan fingerprint density at radius 1 is 1.32 bits per heavy atom. The molecule has 0 spiro atoms. The molecule has 0 fully saturated rings. The molecule has 0 radical (unpaired) electrons. The average Bonchev–Trinajstić information content (AvgIpc) is 3.11. The third kappa shape index (κ3) is 3.44. The normalized spacial score (nSPS) is 13.9. The summed E-state index contributed by atoms with van der Waals surface area (Å²) in [7, 11) is 1.80. The zero-order valence-corrected chi connectivity index (χ0v) is 15.0. The lowest BCUT2D eigenvalue weighted by atomic mass is 10.0. The van der Waals surface area contributed by atoms with Crippen LogP contribution in [0.5, 0.6) is 5.75 Å². The molecule has 2 aromatic carbocycles. The number of hydrogen-bond acceptors (Lipinski definition) is 4. The van der Waals surface area contributed by atoms with Crippen molar-refractivity contribution in [3.63, 3.8) is 0 Å². The molecule has 2 amide bonds. The fourth-order valence-corrected chi connectivity index (χ4v) is 3.07. The minimum absolute atomic E-state index is 0.0999. The lowest BCUT2D eigenvalue weighted by Gasteiger charge is -2.21. The van der Waals surface area contributed by atoms with E-state index in [1.54, 1.807) is 54.3 Å². The highest BCUT2D eigenvalue weighted by molar-refractivity contribution is 5.99. The Labute approximate surface area is 160 Å². The number of hydrogen-bond donors (Lipinski definition) is 2. The van der Waals surface area contributed by atoms with Gasteiger partial charge >= 0.3 is 0 Å². The maximum atomic E-state index is 13.8. The number of anilines is 1. The van der Waals surface area contributed by atoms with Crippen LogP contribution in [-0.4, -0.2) is 28.0 Å². The van der Waals surface area contributed by atoms with Crippen LogP contribution in [0.3, 0.4) is 0 Å². The van der Waals surface area contributed by atoms with Crippen LogP contribution in [0.4, 0.5) is 10.1 Å². The molecular weight excluding hydrogens is 363 g/mol. The van der Waals surface area contributed by atoms with Crippen molar-refractivity contribution in [3.05, 3.63) is 77.6 Å². The molecule has 0 bridgehead atoms. The van der Waals surface area contributed by atoms with Gasteiger partial charge in [0.05, 0.1) is 5.69 Å². The summed E-state index contributed by atoms with van der Waals surface area (Å²) in [6.07, 6.45) is 3.37. The third-order valence-electron chi connectivity index (χ3n) is 4.45. The monoisotopic (exact) mass is 380 g/mol. The molecule has 3 aromatic rings. The number of carbonyl (C=O) groups is 2. The Hall–Kier alpha value is -3.68. The molecule has 1 aromatic heterocycles. The van der Waals surface area contributed by atoms with Crippen LogP contribution in [-0.2, 0) is 11.8 Å². The Kier molecular flexibility index (Phi) is 4.52. The maximum Gasteiger partial charge on any atom is 0.262 e. The van der Waals surface area contributed by atoms with Crippen molar-refractivity contribution in [1.29, 1.82) is 0 Å². The largest absolute Gasteiger partial charge is 0.482 e. The standard InChI is InChI=1S/C20H17FN4O3/c1-25-8-7-22-19(25)18(12-3-2-4-14(21)9-12)24-20(27)13-5-6-15-16(10-13)28-11-17(26)23-15/h2-10,18H,11H2,1H3,(H,23,26)(H,24,27). The van der Waals surface area contributed by atoms with Crippen molar-refractivity contribution in [2.45, 2.75) is 6.04 Å². The van der Waals surface area contributed by atoms with Gasteiger partial charge in [0, 0.05) is 25.0 Å². The van der Waals surface area contributed by atoms with E-state index in [9.17, 15) is 14.0 Å². The van der Waals surface area contributed by atoms with E-state index < -0.39 is 11.9 Å². The fourth-order valence-electron chi connectivity index (χ4n) is 3.07. The first-order chi connectivity index (χ1) is 13.5. The van der Waals surface area contributed by atoms with Crippen LogP contribution in [0, 0.1) is 5.82 Å². The molecule has 0 saturated carbocycles. The first-order valence-corrected chi connectivity index (χ1v) is 8.61. The van der Waals surface area contributed by atoms with Gasteiger partial charge in [0.25, 0.3) is 11.8 Å². The number of benzene rings is 2. The summed E-state index contributed by atoms with van der Waals surface area (Å²) in [4.78, 5) is 28.6. The van der Waals surface area contributed by atoms with Gasteiger partial charge in [0.15, 0.2) is 6.61 Å². The van der Waals surface area contributed by atoms with Gasteiger partial charge in [0.1, 0.15) is 23.4 Å². The fraction of sp³-hybridized carbons (Fsp3) is 0.150. The van der Waals surface area contributed by atoms with Gasteiger partial charge in [-0.05, 0) is 35.9 Å². The van der Waals surface area contributed by atoms with E-state index in [1.165, 1.54) is 12.1 Å². The second kappa shape index (κ2) is 7.15. The molecule has 2 heterocycles. The van der Waals surface area contributed by atoms with Gasteiger partial charge in [0.2, 0.25) is 0 Å². The lowest BCUT2D eigenvalue weighted by Crippen LogP contribution is -2.31. The SMILES string of the molecule is Cn1ccnc1C(NC(=O)c1ccc2c(c1)OCC(=O)N2)c1cccc(F)c1. The third-order valence-corrected chi connectivity index (χ3v) is 4.45. The molecular formula is C20H17FN4O3. The number of nitrogens with zero attached hydrogens (tertiary/aromatic N) is 2. The van der Waals surface area contributed by atoms with Gasteiger partial charge in [-0.15, -0.1) is 0 Å². The first kappa shape index (κ1) is 17.7. The van der Waals surface area contributed by atoms with E-state index in [0.717, 1.165) is 0 Å². The average molecular weight is 380 g/mol. The number of ether oxygens (including phenoxy) is 1. The van der Waals surface area contributed by atoms with Gasteiger partial charge < -0.3 is 19.9 Å². The molecule has 0 saturated heterocycles. The number of imidazole rings is 1. The van der Waals surface area contributed by atoms with Gasteiger partial charge in [-0.2, -0.15) is 0 Å². The van der Waals surface area contributed by atoms with Crippen molar-refractivity contribution in [1.82, 2.24) is 14.9 Å². The molecule has 0 aliphatic carbocycles. The van der Waals surface area contributed by atoms with Crippen LogP contribution >= 0.6 is 0 Å². The number of fused-ring (bicyclic) bond motifs is 1. The summed E-state index contributed by atoms with van der Waals surface area (Å²) in [5, 5.41) is 5.58. The van der Waals surface area contributed by atoms with Crippen molar-refractivity contribution in [3.8, 4) is 5.75 Å². The maximum absolute atomic E-state index is 13.8. The highest BCUT2D eigenvalue weighted by Gasteiger charge is 2.23. The lowest BCUT2D eigenvalue weighted by molar-refractivity contribution is -0.118. The van der Waals surface area contributed by atoms with E-state index in [0.29, 0.717) is 28.4 Å². The number of amides is 2. The zero-order valence-electron chi connectivity index (χ0n) is 15.0. The Balaban J connectivity index is 1.65.